The summed E-state index contributed by atoms with van der Waals surface area (Å²) < 4.78 is 0. The minimum atomic E-state index is -0.817. The second-order valence-electron chi connectivity index (χ2n) is 11.0. The third-order valence-corrected chi connectivity index (χ3v) is 7.59. The van der Waals surface area contributed by atoms with E-state index in [-0.39, 0.29) is 0 Å². The van der Waals surface area contributed by atoms with Gasteiger partial charge in [0.15, 0.2) is 0 Å². The third-order valence-electron chi connectivity index (χ3n) is 7.59. The highest BCUT2D eigenvalue weighted by molar-refractivity contribution is 5.85. The van der Waals surface area contributed by atoms with Gasteiger partial charge < -0.3 is 5.11 Å². The van der Waals surface area contributed by atoms with Crippen LogP contribution < -0.4 is 0 Å². The molecular weight excluding hydrogens is 416 g/mol. The molecule has 2 nitrogen and oxygen atoms in total. The van der Waals surface area contributed by atoms with Crippen molar-refractivity contribution >= 4 is 5.97 Å². The Labute approximate surface area is 214 Å². The maximum atomic E-state index is 11.1. The van der Waals surface area contributed by atoms with Gasteiger partial charge in [0.25, 0.3) is 0 Å². The van der Waals surface area contributed by atoms with Gasteiger partial charge in [0.1, 0.15) is 0 Å². The van der Waals surface area contributed by atoms with Crippen LogP contribution in [0.25, 0.3) is 0 Å². The second-order valence-corrected chi connectivity index (χ2v) is 11.0. The van der Waals surface area contributed by atoms with Crippen molar-refractivity contribution in [2.45, 2.75) is 181 Å². The summed E-state index contributed by atoms with van der Waals surface area (Å²) in [4.78, 5) is 11.1. The Balaban J connectivity index is 3.83. The van der Waals surface area contributed by atoms with Crippen LogP contribution >= 0.6 is 0 Å². The monoisotopic (exact) mass is 478 g/mol. The summed E-state index contributed by atoms with van der Waals surface area (Å²) in [5, 5.41) is 9.15. The maximum Gasteiger partial charge on any atom is 0.330 e. The van der Waals surface area contributed by atoms with Gasteiger partial charge in [0.2, 0.25) is 0 Å². The van der Waals surface area contributed by atoms with Gasteiger partial charge in [-0.2, -0.15) is 0 Å². The van der Waals surface area contributed by atoms with Crippen LogP contribution in [0.5, 0.6) is 0 Å². The van der Waals surface area contributed by atoms with E-state index in [9.17, 15) is 4.79 Å². The highest BCUT2D eigenvalue weighted by Crippen LogP contribution is 2.25. The third kappa shape index (κ3) is 24.3. The van der Waals surface area contributed by atoms with Crippen molar-refractivity contribution in [1.29, 1.82) is 0 Å². The fraction of sp³-hybridized carbons (Fsp3) is 0.906. The summed E-state index contributed by atoms with van der Waals surface area (Å²) in [6.07, 6.45) is 34.8. The molecule has 0 aromatic carbocycles. The van der Waals surface area contributed by atoms with Gasteiger partial charge in [-0.05, 0) is 18.8 Å². The summed E-state index contributed by atoms with van der Waals surface area (Å²) >= 11 is 0. The van der Waals surface area contributed by atoms with Gasteiger partial charge in [-0.1, -0.05) is 175 Å². The quantitative estimate of drug-likeness (QED) is 0.0896. The second kappa shape index (κ2) is 26.8. The van der Waals surface area contributed by atoms with E-state index in [4.69, 9.17) is 5.11 Å². The lowest BCUT2D eigenvalue weighted by molar-refractivity contribution is -0.132. The zero-order valence-corrected chi connectivity index (χ0v) is 23.5. The molecule has 0 fully saturated rings. The Hall–Kier alpha value is -0.790. The van der Waals surface area contributed by atoms with Crippen LogP contribution in [0.3, 0.4) is 0 Å². The van der Waals surface area contributed by atoms with Crippen LogP contribution in [0.15, 0.2) is 12.2 Å². The summed E-state index contributed by atoms with van der Waals surface area (Å²) in [5.41, 5.74) is 0.391. The van der Waals surface area contributed by atoms with Crippen molar-refractivity contribution in [3.05, 3.63) is 12.2 Å². The molecule has 0 aliphatic carbocycles. The molecule has 0 amide bonds. The minimum absolute atomic E-state index is 0.391. The Morgan fingerprint density at radius 2 is 0.824 bits per heavy atom. The Kier molecular flexibility index (Phi) is 26.2. The van der Waals surface area contributed by atoms with E-state index in [1.54, 1.807) is 0 Å². The molecule has 0 heterocycles. The number of carboxylic acid groups (broad SMARTS) is 1. The molecule has 0 radical (unpaired) electrons. The van der Waals surface area contributed by atoms with Gasteiger partial charge in [-0.3, -0.25) is 0 Å². The van der Waals surface area contributed by atoms with Crippen LogP contribution in [0.1, 0.15) is 181 Å². The summed E-state index contributed by atoms with van der Waals surface area (Å²) in [7, 11) is 0. The van der Waals surface area contributed by atoms with Gasteiger partial charge in [0, 0.05) is 5.57 Å². The number of unbranched alkanes of at least 4 members (excludes halogenated alkanes) is 20. The van der Waals surface area contributed by atoms with Crippen molar-refractivity contribution < 1.29 is 9.90 Å². The predicted molar refractivity (Wildman–Crippen MR) is 152 cm³/mol. The van der Waals surface area contributed by atoms with E-state index >= 15 is 0 Å². The number of carbonyl (C=O) groups is 1. The zero-order valence-electron chi connectivity index (χ0n) is 23.5. The Bertz CT molecular complexity index is 442. The molecule has 1 unspecified atom stereocenters. The van der Waals surface area contributed by atoms with E-state index in [1.165, 1.54) is 154 Å². The number of hydrogen-bond donors (Lipinski definition) is 1. The first-order valence-corrected chi connectivity index (χ1v) is 15.5. The van der Waals surface area contributed by atoms with E-state index in [1.807, 2.05) is 0 Å². The fourth-order valence-corrected chi connectivity index (χ4v) is 5.11. The molecule has 0 rings (SSSR count). The van der Waals surface area contributed by atoms with E-state index in [0.29, 0.717) is 17.9 Å². The van der Waals surface area contributed by atoms with E-state index in [2.05, 4.69) is 20.4 Å². The molecule has 0 aromatic rings. The SMILES string of the molecule is C=C(CCC(CCCCCCCCCCCC)CCCCCCCCCCCCCC)C(=O)O. The standard InChI is InChI=1S/C32H62O2/c1-4-6-8-10-12-14-16-17-19-21-23-25-27-31(29-28-30(3)32(33)34)26-24-22-20-18-15-13-11-9-7-5-2/h31H,3-29H2,1-2H3,(H,33,34). The largest absolute Gasteiger partial charge is 0.478 e. The normalized spacial score (nSPS) is 12.2. The smallest absolute Gasteiger partial charge is 0.330 e. The summed E-state index contributed by atoms with van der Waals surface area (Å²) in [6, 6.07) is 0. The summed E-state index contributed by atoms with van der Waals surface area (Å²) in [6.45, 7) is 8.31. The summed E-state index contributed by atoms with van der Waals surface area (Å²) in [5.74, 6) is -0.128. The Morgan fingerprint density at radius 3 is 1.12 bits per heavy atom. The lowest BCUT2D eigenvalue weighted by Gasteiger charge is -2.17. The molecule has 202 valence electrons. The first-order valence-electron chi connectivity index (χ1n) is 15.5. The molecule has 2 heteroatoms. The van der Waals surface area contributed by atoms with Gasteiger partial charge >= 0.3 is 5.97 Å². The first kappa shape index (κ1) is 33.2. The molecule has 0 bridgehead atoms. The van der Waals surface area contributed by atoms with Crippen LogP contribution in [-0.2, 0) is 4.79 Å². The van der Waals surface area contributed by atoms with Gasteiger partial charge in [-0.15, -0.1) is 0 Å². The number of rotatable bonds is 28. The predicted octanol–water partition coefficient (Wildman–Crippen LogP) is 11.4. The van der Waals surface area contributed by atoms with Crippen molar-refractivity contribution in [2.24, 2.45) is 5.92 Å². The van der Waals surface area contributed by atoms with Gasteiger partial charge in [0.05, 0.1) is 0 Å². The molecule has 1 atom stereocenters. The first-order chi connectivity index (χ1) is 16.6. The van der Waals surface area contributed by atoms with Crippen LogP contribution in [0, 0.1) is 5.92 Å². The molecule has 0 aromatic heterocycles. The lowest BCUT2D eigenvalue weighted by Crippen LogP contribution is -2.05. The van der Waals surface area contributed by atoms with Crippen molar-refractivity contribution in [3.8, 4) is 0 Å². The maximum absolute atomic E-state index is 11.1. The molecule has 0 aliphatic heterocycles. The number of hydrogen-bond acceptors (Lipinski definition) is 1. The van der Waals surface area contributed by atoms with Crippen LogP contribution in [0.2, 0.25) is 0 Å². The topological polar surface area (TPSA) is 37.3 Å². The molecular formula is C32H62O2. The lowest BCUT2D eigenvalue weighted by atomic mass is 9.89. The van der Waals surface area contributed by atoms with Crippen molar-refractivity contribution in [3.63, 3.8) is 0 Å². The Morgan fingerprint density at radius 1 is 0.529 bits per heavy atom. The molecule has 1 N–H and O–H groups in total. The van der Waals surface area contributed by atoms with Crippen molar-refractivity contribution in [1.82, 2.24) is 0 Å². The molecule has 0 saturated heterocycles. The minimum Gasteiger partial charge on any atom is -0.478 e. The van der Waals surface area contributed by atoms with Crippen LogP contribution in [-0.4, -0.2) is 11.1 Å². The van der Waals surface area contributed by atoms with Crippen LogP contribution in [0.4, 0.5) is 0 Å². The highest BCUT2D eigenvalue weighted by Gasteiger charge is 2.12. The average Bonchev–Trinajstić information content (AvgIpc) is 2.83. The van der Waals surface area contributed by atoms with E-state index < -0.39 is 5.97 Å². The molecule has 0 aliphatic rings. The number of carboxylic acids is 1. The molecule has 0 spiro atoms. The highest BCUT2D eigenvalue weighted by atomic mass is 16.4. The van der Waals surface area contributed by atoms with Crippen molar-refractivity contribution in [2.75, 3.05) is 0 Å². The average molecular weight is 479 g/mol. The number of aliphatic carboxylic acids is 1. The van der Waals surface area contributed by atoms with E-state index in [0.717, 1.165) is 6.42 Å². The molecule has 34 heavy (non-hydrogen) atoms. The fourth-order valence-electron chi connectivity index (χ4n) is 5.11. The molecule has 0 saturated carbocycles. The zero-order chi connectivity index (χ0) is 25.1. The van der Waals surface area contributed by atoms with Gasteiger partial charge in [-0.25, -0.2) is 4.79 Å².